The first-order chi connectivity index (χ1) is 28.2. The Balaban J connectivity index is 1.57. The molecule has 0 spiro atoms. The lowest BCUT2D eigenvalue weighted by Crippen LogP contribution is -2.60. The second-order valence-electron chi connectivity index (χ2n) is 14.6. The van der Waals surface area contributed by atoms with Crippen LogP contribution in [0.15, 0.2) is 60.9 Å². The SMILES string of the molecule is CC[C@H](C)[C@H](NC(=O)[C@@H](N)Cc1c[nH]c2ccccc12)C(=O)N[C@@H](Cc1c[nH]c2ccccc12)C(=O)N[C@@H](CCCNC(=N)N)C(=O)N[C@@H](CCCNC(=N)N)C(=O)O. The molecule has 19 nitrogen and oxygen atoms in total. The molecule has 0 fully saturated rings. The molecular weight excluding hydrogens is 759 g/mol. The molecule has 0 unspecified atom stereocenters. The zero-order valence-electron chi connectivity index (χ0n) is 33.3. The lowest BCUT2D eigenvalue weighted by atomic mass is 9.96. The summed E-state index contributed by atoms with van der Waals surface area (Å²) in [4.78, 5) is 74.3. The summed E-state index contributed by atoms with van der Waals surface area (Å²) in [6, 6.07) is 9.15. The smallest absolute Gasteiger partial charge is 0.326 e. The molecule has 0 saturated heterocycles. The number of carbonyl (C=O) groups excluding carboxylic acids is 4. The van der Waals surface area contributed by atoms with Crippen molar-refractivity contribution in [3.8, 4) is 0 Å². The lowest BCUT2D eigenvalue weighted by Gasteiger charge is -2.28. The van der Waals surface area contributed by atoms with Crippen LogP contribution in [0.5, 0.6) is 0 Å². The third-order valence-corrected chi connectivity index (χ3v) is 10.2. The molecule has 0 aliphatic carbocycles. The van der Waals surface area contributed by atoms with E-state index in [1.165, 1.54) is 0 Å². The summed E-state index contributed by atoms with van der Waals surface area (Å²) in [6.45, 7) is 4.06. The van der Waals surface area contributed by atoms with Crippen molar-refractivity contribution in [2.75, 3.05) is 13.1 Å². The molecule has 0 bridgehead atoms. The van der Waals surface area contributed by atoms with E-state index in [-0.39, 0.29) is 69.5 Å². The van der Waals surface area contributed by atoms with Crippen molar-refractivity contribution < 1.29 is 29.1 Å². The van der Waals surface area contributed by atoms with Gasteiger partial charge in [0.05, 0.1) is 6.04 Å². The molecule has 2 heterocycles. The first-order valence-electron chi connectivity index (χ1n) is 19.6. The number of amides is 4. The van der Waals surface area contributed by atoms with Gasteiger partial charge in [0.15, 0.2) is 11.9 Å². The Morgan fingerprint density at radius 1 is 0.678 bits per heavy atom. The van der Waals surface area contributed by atoms with Crippen LogP contribution < -0.4 is 49.1 Å². The standard InChI is InChI=1S/C40H57N13O6/c1-3-22(2)33(53-34(54)27(41)18-23-20-48-28-12-6-4-10-25(23)28)37(57)52-32(19-24-21-49-29-13-7-5-11-26(24)29)36(56)50-30(14-8-16-46-39(42)43)35(55)51-31(38(58)59)15-9-17-47-40(44)45/h4-7,10-13,20-22,27,30-33,48-49H,3,8-9,14-19,41H2,1-2H3,(H,50,56)(H,51,55)(H,52,57)(H,53,54)(H,58,59)(H4,42,43,46)(H4,44,45,47)/t22-,27-,30-,31-,32-,33-/m0/s1. The van der Waals surface area contributed by atoms with Crippen LogP contribution in [-0.2, 0) is 36.8 Å². The summed E-state index contributed by atoms with van der Waals surface area (Å²) in [6.07, 6.45) is 4.75. The van der Waals surface area contributed by atoms with Gasteiger partial charge in [-0.2, -0.15) is 0 Å². The molecule has 6 atom stereocenters. The summed E-state index contributed by atoms with van der Waals surface area (Å²) in [5, 5.41) is 42.5. The molecule has 4 rings (SSSR count). The van der Waals surface area contributed by atoms with E-state index >= 15 is 0 Å². The molecule has 2 aromatic heterocycles. The third-order valence-electron chi connectivity index (χ3n) is 10.2. The Bertz CT molecular complexity index is 2100. The topological polar surface area (TPSA) is 335 Å². The number of fused-ring (bicyclic) bond motifs is 2. The maximum absolute atomic E-state index is 14.3. The van der Waals surface area contributed by atoms with Crippen molar-refractivity contribution in [1.29, 1.82) is 10.8 Å². The zero-order chi connectivity index (χ0) is 43.1. The number of H-pyrrole nitrogens is 2. The number of carboxylic acids is 1. The lowest BCUT2D eigenvalue weighted by molar-refractivity contribution is -0.142. The fourth-order valence-electron chi connectivity index (χ4n) is 6.71. The van der Waals surface area contributed by atoms with Crippen molar-refractivity contribution in [1.82, 2.24) is 41.9 Å². The van der Waals surface area contributed by atoms with E-state index in [9.17, 15) is 29.1 Å². The number of rotatable bonds is 23. The van der Waals surface area contributed by atoms with Crippen LogP contribution in [0.1, 0.15) is 57.1 Å². The van der Waals surface area contributed by atoms with E-state index in [0.717, 1.165) is 27.4 Å². The van der Waals surface area contributed by atoms with Gasteiger partial charge in [-0.3, -0.25) is 30.0 Å². The van der Waals surface area contributed by atoms with Gasteiger partial charge in [-0.15, -0.1) is 0 Å². The summed E-state index contributed by atoms with van der Waals surface area (Å²) < 4.78 is 0. The molecule has 318 valence electrons. The Labute approximate surface area is 341 Å². The van der Waals surface area contributed by atoms with Gasteiger partial charge < -0.3 is 64.2 Å². The van der Waals surface area contributed by atoms with E-state index in [1.807, 2.05) is 55.5 Å². The molecule has 4 amide bonds. The minimum Gasteiger partial charge on any atom is -0.480 e. The number of carbonyl (C=O) groups is 5. The van der Waals surface area contributed by atoms with Gasteiger partial charge in [0.2, 0.25) is 23.6 Å². The van der Waals surface area contributed by atoms with Crippen LogP contribution >= 0.6 is 0 Å². The van der Waals surface area contributed by atoms with Crippen molar-refractivity contribution in [3.05, 3.63) is 72.1 Å². The average molecular weight is 816 g/mol. The first-order valence-corrected chi connectivity index (χ1v) is 19.6. The minimum atomic E-state index is -1.32. The van der Waals surface area contributed by atoms with Crippen LogP contribution in [0.3, 0.4) is 0 Å². The highest BCUT2D eigenvalue weighted by atomic mass is 16.4. The number of benzene rings is 2. The molecule has 0 aliphatic rings. The van der Waals surface area contributed by atoms with Gasteiger partial charge in [-0.25, -0.2) is 4.79 Å². The van der Waals surface area contributed by atoms with Gasteiger partial charge in [0.1, 0.15) is 24.2 Å². The van der Waals surface area contributed by atoms with E-state index in [2.05, 4.69) is 41.9 Å². The molecule has 17 N–H and O–H groups in total. The maximum Gasteiger partial charge on any atom is 0.326 e. The summed E-state index contributed by atoms with van der Waals surface area (Å²) in [7, 11) is 0. The fourth-order valence-corrected chi connectivity index (χ4v) is 6.71. The van der Waals surface area contributed by atoms with Gasteiger partial charge in [-0.1, -0.05) is 56.7 Å². The largest absolute Gasteiger partial charge is 0.480 e. The molecule has 59 heavy (non-hydrogen) atoms. The Morgan fingerprint density at radius 3 is 1.68 bits per heavy atom. The van der Waals surface area contributed by atoms with Crippen LogP contribution in [0.2, 0.25) is 0 Å². The van der Waals surface area contributed by atoms with Crippen LogP contribution in [0, 0.1) is 16.7 Å². The van der Waals surface area contributed by atoms with Crippen molar-refractivity contribution in [2.45, 2.75) is 89.0 Å². The number of hydrogen-bond donors (Lipinski definition) is 14. The molecule has 19 heteroatoms. The number of nitrogens with one attached hydrogen (secondary N) is 10. The summed E-state index contributed by atoms with van der Waals surface area (Å²) in [5.74, 6) is -4.93. The summed E-state index contributed by atoms with van der Waals surface area (Å²) >= 11 is 0. The minimum absolute atomic E-state index is 0.00131. The predicted octanol–water partition coefficient (Wildman–Crippen LogP) is 0.358. The number of aromatic nitrogens is 2. The average Bonchev–Trinajstić information content (AvgIpc) is 3.81. The number of hydrogen-bond acceptors (Lipinski definition) is 8. The quantitative estimate of drug-likeness (QED) is 0.0275. The van der Waals surface area contributed by atoms with Gasteiger partial charge in [0, 0.05) is 53.7 Å². The summed E-state index contributed by atoms with van der Waals surface area (Å²) in [5.41, 5.74) is 20.4. The molecule has 2 aromatic carbocycles. The molecule has 0 radical (unpaired) electrons. The highest BCUT2D eigenvalue weighted by Gasteiger charge is 2.34. The van der Waals surface area contributed by atoms with Gasteiger partial charge in [-0.05, 0) is 61.3 Å². The van der Waals surface area contributed by atoms with Crippen LogP contribution in [0.25, 0.3) is 21.8 Å². The van der Waals surface area contributed by atoms with E-state index in [4.69, 9.17) is 28.0 Å². The highest BCUT2D eigenvalue weighted by molar-refractivity contribution is 5.96. The van der Waals surface area contributed by atoms with E-state index < -0.39 is 59.8 Å². The molecule has 0 saturated carbocycles. The number of aliphatic carboxylic acids is 1. The number of carboxylic acid groups (broad SMARTS) is 1. The van der Waals surface area contributed by atoms with Gasteiger partial charge in [0.25, 0.3) is 0 Å². The monoisotopic (exact) mass is 815 g/mol. The molecular formula is C40H57N13O6. The predicted molar refractivity (Wildman–Crippen MR) is 225 cm³/mol. The first kappa shape index (κ1) is 45.1. The number of guanidine groups is 2. The van der Waals surface area contributed by atoms with Crippen LogP contribution in [0.4, 0.5) is 0 Å². The van der Waals surface area contributed by atoms with Gasteiger partial charge >= 0.3 is 5.97 Å². The Morgan fingerprint density at radius 2 is 1.15 bits per heavy atom. The highest BCUT2D eigenvalue weighted by Crippen LogP contribution is 2.21. The van der Waals surface area contributed by atoms with Crippen LogP contribution in [-0.4, -0.2) is 99.9 Å². The molecule has 4 aromatic rings. The second-order valence-corrected chi connectivity index (χ2v) is 14.6. The number of para-hydroxylation sites is 2. The normalized spacial score (nSPS) is 14.2. The van der Waals surface area contributed by atoms with Crippen molar-refractivity contribution >= 4 is 63.3 Å². The van der Waals surface area contributed by atoms with Crippen molar-refractivity contribution in [2.24, 2.45) is 23.1 Å². The Kier molecular flexibility index (Phi) is 16.6. The van der Waals surface area contributed by atoms with E-state index in [0.29, 0.717) is 12.0 Å². The number of aromatic amines is 2. The van der Waals surface area contributed by atoms with Crippen molar-refractivity contribution in [3.63, 3.8) is 0 Å². The maximum atomic E-state index is 14.3. The second kappa shape index (κ2) is 21.8. The molecule has 0 aliphatic heterocycles. The fraction of sp³-hybridized carbons (Fsp3) is 0.425. The number of nitrogens with two attached hydrogens (primary N) is 3. The third kappa shape index (κ3) is 13.2. The zero-order valence-corrected chi connectivity index (χ0v) is 33.3. The van der Waals surface area contributed by atoms with E-state index in [1.54, 1.807) is 19.3 Å². The Hall–Kier alpha value is -6.63.